The lowest BCUT2D eigenvalue weighted by atomic mass is 10.0. The molecule has 0 radical (unpaired) electrons. The number of halogens is 3. The Morgan fingerprint density at radius 2 is 1.86 bits per heavy atom. The van der Waals surface area contributed by atoms with E-state index in [0.717, 1.165) is 26.2 Å². The van der Waals surface area contributed by atoms with Crippen LogP contribution < -0.4 is 0 Å². The predicted octanol–water partition coefficient (Wildman–Crippen LogP) is 6.79. The SMILES string of the molecule is Cc1cc(C(Br)c2cc3ccc(F)cc3s2)c(C)cc1Cl. The van der Waals surface area contributed by atoms with Crippen LogP contribution in [0.5, 0.6) is 0 Å². The lowest BCUT2D eigenvalue weighted by molar-refractivity contribution is 0.630. The molecule has 1 aromatic heterocycles. The van der Waals surface area contributed by atoms with Gasteiger partial charge in [-0.3, -0.25) is 0 Å². The Balaban J connectivity index is 2.07. The Bertz CT molecular complexity index is 825. The maximum Gasteiger partial charge on any atom is 0.124 e. The fourth-order valence-electron chi connectivity index (χ4n) is 2.38. The van der Waals surface area contributed by atoms with E-state index in [4.69, 9.17) is 11.6 Å². The summed E-state index contributed by atoms with van der Waals surface area (Å²) in [6, 6.07) is 11.1. The van der Waals surface area contributed by atoms with Gasteiger partial charge >= 0.3 is 0 Å². The van der Waals surface area contributed by atoms with Crippen LogP contribution in [0.15, 0.2) is 36.4 Å². The monoisotopic (exact) mass is 382 g/mol. The molecule has 3 rings (SSSR count). The summed E-state index contributed by atoms with van der Waals surface area (Å²) in [4.78, 5) is 1.26. The van der Waals surface area contributed by atoms with Crippen molar-refractivity contribution < 1.29 is 4.39 Å². The Labute approximate surface area is 140 Å². The zero-order valence-corrected chi connectivity index (χ0v) is 14.7. The van der Waals surface area contributed by atoms with Gasteiger partial charge in [0.25, 0.3) is 0 Å². The summed E-state index contributed by atoms with van der Waals surface area (Å²) in [6.07, 6.45) is 0. The first-order valence-corrected chi connectivity index (χ1v) is 8.66. The number of benzene rings is 2. The van der Waals surface area contributed by atoms with Gasteiger partial charge in [-0.1, -0.05) is 39.7 Å². The quantitative estimate of drug-likeness (QED) is 0.427. The molecule has 0 bridgehead atoms. The van der Waals surface area contributed by atoms with Crippen molar-refractivity contribution in [3.63, 3.8) is 0 Å². The number of rotatable bonds is 2. The minimum atomic E-state index is -0.194. The highest BCUT2D eigenvalue weighted by Crippen LogP contribution is 2.40. The van der Waals surface area contributed by atoms with E-state index >= 15 is 0 Å². The summed E-state index contributed by atoms with van der Waals surface area (Å²) in [5, 5.41) is 1.86. The molecule has 1 atom stereocenters. The second kappa shape index (κ2) is 5.71. The lowest BCUT2D eigenvalue weighted by Gasteiger charge is -2.13. The van der Waals surface area contributed by atoms with Crippen molar-refractivity contribution in [3.05, 3.63) is 68.8 Å². The summed E-state index contributed by atoms with van der Waals surface area (Å²) in [5.74, 6) is -0.194. The van der Waals surface area contributed by atoms with Crippen molar-refractivity contribution in [2.45, 2.75) is 18.7 Å². The Hall–Kier alpha value is -0.900. The lowest BCUT2D eigenvalue weighted by Crippen LogP contribution is -1.95. The minimum Gasteiger partial charge on any atom is -0.207 e. The van der Waals surface area contributed by atoms with Gasteiger partial charge < -0.3 is 0 Å². The van der Waals surface area contributed by atoms with Gasteiger partial charge in [-0.05, 0) is 60.2 Å². The van der Waals surface area contributed by atoms with E-state index in [1.54, 1.807) is 17.4 Å². The number of aryl methyl sites for hydroxylation is 2. The smallest absolute Gasteiger partial charge is 0.124 e. The second-order valence-electron chi connectivity index (χ2n) is 5.15. The molecule has 0 aliphatic carbocycles. The number of thiophene rings is 1. The number of hydrogen-bond acceptors (Lipinski definition) is 1. The number of alkyl halides is 1. The van der Waals surface area contributed by atoms with Crippen LogP contribution in [0.4, 0.5) is 4.39 Å². The van der Waals surface area contributed by atoms with Crippen LogP contribution in [0.2, 0.25) is 5.02 Å². The molecule has 0 saturated carbocycles. The second-order valence-corrected chi connectivity index (χ2v) is 7.59. The van der Waals surface area contributed by atoms with E-state index < -0.39 is 0 Å². The van der Waals surface area contributed by atoms with Gasteiger partial charge in [-0.2, -0.15) is 0 Å². The van der Waals surface area contributed by atoms with Crippen molar-refractivity contribution in [3.8, 4) is 0 Å². The Morgan fingerprint density at radius 1 is 1.10 bits per heavy atom. The molecule has 0 fully saturated rings. The van der Waals surface area contributed by atoms with Crippen LogP contribution in [0, 0.1) is 19.7 Å². The van der Waals surface area contributed by atoms with Crippen LogP contribution in [-0.4, -0.2) is 0 Å². The Morgan fingerprint density at radius 3 is 2.62 bits per heavy atom. The highest BCUT2D eigenvalue weighted by atomic mass is 79.9. The van der Waals surface area contributed by atoms with Crippen LogP contribution in [0.3, 0.4) is 0 Å². The van der Waals surface area contributed by atoms with E-state index in [2.05, 4.69) is 35.0 Å². The molecule has 0 aliphatic rings. The molecule has 0 N–H and O–H groups in total. The average molecular weight is 384 g/mol. The van der Waals surface area contributed by atoms with Crippen LogP contribution in [-0.2, 0) is 0 Å². The van der Waals surface area contributed by atoms with Gasteiger partial charge in [0, 0.05) is 14.6 Å². The van der Waals surface area contributed by atoms with Gasteiger partial charge in [0.05, 0.1) is 4.83 Å². The molecule has 108 valence electrons. The van der Waals surface area contributed by atoms with Crippen molar-refractivity contribution in [2.24, 2.45) is 0 Å². The molecule has 0 nitrogen and oxygen atoms in total. The van der Waals surface area contributed by atoms with Gasteiger partial charge in [0.2, 0.25) is 0 Å². The van der Waals surface area contributed by atoms with Crippen LogP contribution in [0.25, 0.3) is 10.1 Å². The number of fused-ring (bicyclic) bond motifs is 1. The highest BCUT2D eigenvalue weighted by molar-refractivity contribution is 9.09. The molecule has 1 heterocycles. The van der Waals surface area contributed by atoms with E-state index in [1.165, 1.54) is 16.5 Å². The fourth-order valence-corrected chi connectivity index (χ4v) is 4.59. The zero-order valence-electron chi connectivity index (χ0n) is 11.6. The third-order valence-electron chi connectivity index (χ3n) is 3.57. The van der Waals surface area contributed by atoms with E-state index in [9.17, 15) is 4.39 Å². The van der Waals surface area contributed by atoms with Crippen molar-refractivity contribution in [2.75, 3.05) is 0 Å². The van der Waals surface area contributed by atoms with Crippen molar-refractivity contribution >= 4 is 49.0 Å². The maximum atomic E-state index is 13.3. The number of hydrogen-bond donors (Lipinski definition) is 0. The maximum absolute atomic E-state index is 13.3. The van der Waals surface area contributed by atoms with Crippen LogP contribution >= 0.6 is 38.9 Å². The first-order valence-electron chi connectivity index (χ1n) is 6.55. The molecular weight excluding hydrogens is 371 g/mol. The average Bonchev–Trinajstić information content (AvgIpc) is 2.85. The molecule has 1 unspecified atom stereocenters. The minimum absolute atomic E-state index is 0.0916. The zero-order chi connectivity index (χ0) is 15.1. The van der Waals surface area contributed by atoms with Gasteiger partial charge in [0.15, 0.2) is 0 Å². The molecule has 0 amide bonds. The standard InChI is InChI=1S/C17H13BrClFS/c1-9-6-14(19)10(2)5-13(9)17(18)16-7-11-3-4-12(20)8-15(11)21-16/h3-8,17H,1-2H3. The summed E-state index contributed by atoms with van der Waals surface area (Å²) in [5.41, 5.74) is 3.41. The third-order valence-corrected chi connectivity index (χ3v) is 6.43. The normalized spacial score (nSPS) is 12.8. The van der Waals surface area contributed by atoms with E-state index in [1.807, 2.05) is 19.1 Å². The van der Waals surface area contributed by atoms with Crippen molar-refractivity contribution in [1.82, 2.24) is 0 Å². The topological polar surface area (TPSA) is 0 Å². The molecule has 3 aromatic rings. The highest BCUT2D eigenvalue weighted by Gasteiger charge is 2.17. The van der Waals surface area contributed by atoms with E-state index in [0.29, 0.717) is 0 Å². The molecule has 0 saturated heterocycles. The van der Waals surface area contributed by atoms with Crippen LogP contribution in [0.1, 0.15) is 26.4 Å². The van der Waals surface area contributed by atoms with Crippen molar-refractivity contribution in [1.29, 1.82) is 0 Å². The van der Waals surface area contributed by atoms with Gasteiger partial charge in [0.1, 0.15) is 5.82 Å². The molecule has 0 spiro atoms. The van der Waals surface area contributed by atoms with Gasteiger partial charge in [-0.15, -0.1) is 11.3 Å². The summed E-state index contributed by atoms with van der Waals surface area (Å²) < 4.78 is 14.3. The molecule has 0 aliphatic heterocycles. The predicted molar refractivity (Wildman–Crippen MR) is 93.5 cm³/mol. The molecule has 21 heavy (non-hydrogen) atoms. The summed E-state index contributed by atoms with van der Waals surface area (Å²) in [6.45, 7) is 4.06. The summed E-state index contributed by atoms with van der Waals surface area (Å²) >= 11 is 11.6. The Kier molecular flexibility index (Phi) is 4.08. The van der Waals surface area contributed by atoms with Gasteiger partial charge in [-0.25, -0.2) is 4.39 Å². The largest absolute Gasteiger partial charge is 0.207 e. The fraction of sp³-hybridized carbons (Fsp3) is 0.176. The first-order chi connectivity index (χ1) is 9.95. The van der Waals surface area contributed by atoms with E-state index in [-0.39, 0.29) is 10.6 Å². The first kappa shape index (κ1) is 15.0. The third kappa shape index (κ3) is 2.87. The summed E-state index contributed by atoms with van der Waals surface area (Å²) in [7, 11) is 0. The molecular formula is C17H13BrClFS. The molecule has 2 aromatic carbocycles. The molecule has 4 heteroatoms.